The van der Waals surface area contributed by atoms with Crippen LogP contribution in [0.5, 0.6) is 0 Å². The van der Waals surface area contributed by atoms with Crippen LogP contribution in [0.1, 0.15) is 24.1 Å². The largest absolute Gasteiger partial charge is 0.324 e. The van der Waals surface area contributed by atoms with Crippen LogP contribution in [0.4, 0.5) is 0 Å². The van der Waals surface area contributed by atoms with Crippen molar-refractivity contribution >= 4 is 22.6 Å². The van der Waals surface area contributed by atoms with Gasteiger partial charge in [0.05, 0.1) is 6.20 Å². The van der Waals surface area contributed by atoms with Gasteiger partial charge in [-0.05, 0) is 59.2 Å². The Hall–Kier alpha value is -0.880. The monoisotopic (exact) mass is 341 g/mol. The summed E-state index contributed by atoms with van der Waals surface area (Å²) < 4.78 is 3.16. The highest BCUT2D eigenvalue weighted by molar-refractivity contribution is 14.1. The molecule has 0 radical (unpaired) electrons. The first-order valence-electron chi connectivity index (χ1n) is 5.71. The molecule has 2 rings (SSSR count). The van der Waals surface area contributed by atoms with Crippen LogP contribution in [0.15, 0.2) is 36.7 Å². The molecule has 1 aromatic carbocycles. The van der Waals surface area contributed by atoms with Crippen molar-refractivity contribution in [2.45, 2.75) is 25.9 Å². The summed E-state index contributed by atoms with van der Waals surface area (Å²) in [6.45, 7) is 2.98. The molecule has 90 valence electrons. The van der Waals surface area contributed by atoms with Crippen molar-refractivity contribution in [3.05, 3.63) is 51.4 Å². The van der Waals surface area contributed by atoms with E-state index in [0.29, 0.717) is 0 Å². The highest BCUT2D eigenvalue weighted by Gasteiger charge is 2.08. The Bertz CT molecular complexity index is 476. The Morgan fingerprint density at radius 2 is 2.06 bits per heavy atom. The smallest absolute Gasteiger partial charge is 0.0522 e. The Balaban J connectivity index is 2.05. The number of halogens is 1. The van der Waals surface area contributed by atoms with E-state index < -0.39 is 0 Å². The summed E-state index contributed by atoms with van der Waals surface area (Å²) >= 11 is 2.30. The number of nitrogens with zero attached hydrogens (tertiary/aromatic N) is 2. The van der Waals surface area contributed by atoms with E-state index in [4.69, 9.17) is 5.73 Å². The van der Waals surface area contributed by atoms with Crippen molar-refractivity contribution in [2.24, 2.45) is 5.73 Å². The minimum atomic E-state index is 0.0431. The highest BCUT2D eigenvalue weighted by Crippen LogP contribution is 2.17. The number of hydrogen-bond donors (Lipinski definition) is 1. The lowest BCUT2D eigenvalue weighted by Crippen LogP contribution is -2.12. The topological polar surface area (TPSA) is 43.8 Å². The minimum absolute atomic E-state index is 0.0431. The Kier molecular flexibility index (Phi) is 4.17. The fraction of sp³-hybridized carbons (Fsp3) is 0.308. The Morgan fingerprint density at radius 3 is 2.65 bits per heavy atom. The summed E-state index contributed by atoms with van der Waals surface area (Å²) in [5.74, 6) is 0. The van der Waals surface area contributed by atoms with Gasteiger partial charge >= 0.3 is 0 Å². The minimum Gasteiger partial charge on any atom is -0.324 e. The van der Waals surface area contributed by atoms with Gasteiger partial charge in [0.25, 0.3) is 0 Å². The first-order valence-corrected chi connectivity index (χ1v) is 6.79. The zero-order valence-electron chi connectivity index (χ0n) is 9.81. The molecule has 0 saturated carbocycles. The third-order valence-corrected chi connectivity index (χ3v) is 3.48. The van der Waals surface area contributed by atoms with E-state index in [-0.39, 0.29) is 6.04 Å². The lowest BCUT2D eigenvalue weighted by atomic mass is 10.0. The van der Waals surface area contributed by atoms with Gasteiger partial charge in [-0.2, -0.15) is 5.10 Å². The molecule has 17 heavy (non-hydrogen) atoms. The van der Waals surface area contributed by atoms with E-state index in [9.17, 15) is 0 Å². The summed E-state index contributed by atoms with van der Waals surface area (Å²) in [4.78, 5) is 0. The second-order valence-electron chi connectivity index (χ2n) is 4.07. The van der Waals surface area contributed by atoms with Crippen molar-refractivity contribution in [3.8, 4) is 0 Å². The summed E-state index contributed by atoms with van der Waals surface area (Å²) in [5, 5.41) is 4.26. The van der Waals surface area contributed by atoms with Crippen LogP contribution in [-0.4, -0.2) is 9.78 Å². The van der Waals surface area contributed by atoms with Gasteiger partial charge in [0.15, 0.2) is 0 Å². The van der Waals surface area contributed by atoms with Crippen LogP contribution in [0.3, 0.4) is 0 Å². The maximum Gasteiger partial charge on any atom is 0.0522 e. The first-order chi connectivity index (χ1) is 8.19. The molecular formula is C13H16IN3. The molecule has 1 unspecified atom stereocenters. The molecule has 2 aromatic rings. The number of hydrogen-bond acceptors (Lipinski definition) is 2. The Labute approximate surface area is 115 Å². The van der Waals surface area contributed by atoms with Crippen molar-refractivity contribution < 1.29 is 0 Å². The number of aryl methyl sites for hydroxylation is 1. The van der Waals surface area contributed by atoms with Crippen LogP contribution < -0.4 is 5.73 Å². The molecule has 0 aliphatic carbocycles. The van der Waals surface area contributed by atoms with Gasteiger partial charge in [-0.1, -0.05) is 12.1 Å². The molecule has 1 atom stereocenters. The van der Waals surface area contributed by atoms with Gasteiger partial charge in [0, 0.05) is 22.4 Å². The number of benzene rings is 1. The van der Waals surface area contributed by atoms with Crippen LogP contribution in [0.2, 0.25) is 0 Å². The summed E-state index contributed by atoms with van der Waals surface area (Å²) in [5.41, 5.74) is 8.56. The number of nitrogens with two attached hydrogens (primary N) is 1. The van der Waals surface area contributed by atoms with E-state index in [0.717, 1.165) is 13.0 Å². The van der Waals surface area contributed by atoms with Gasteiger partial charge in [-0.3, -0.25) is 4.68 Å². The van der Waals surface area contributed by atoms with Crippen molar-refractivity contribution in [3.63, 3.8) is 0 Å². The summed E-state index contributed by atoms with van der Waals surface area (Å²) in [6.07, 6.45) is 4.79. The quantitative estimate of drug-likeness (QED) is 0.869. The Morgan fingerprint density at radius 1 is 1.35 bits per heavy atom. The van der Waals surface area contributed by atoms with Crippen LogP contribution in [-0.2, 0) is 13.0 Å². The average Bonchev–Trinajstić information content (AvgIpc) is 2.77. The average molecular weight is 341 g/mol. The van der Waals surface area contributed by atoms with Gasteiger partial charge in [-0.15, -0.1) is 0 Å². The zero-order valence-corrected chi connectivity index (χ0v) is 12.0. The normalized spacial score (nSPS) is 12.6. The molecule has 0 aliphatic heterocycles. The van der Waals surface area contributed by atoms with Crippen molar-refractivity contribution in [1.29, 1.82) is 0 Å². The van der Waals surface area contributed by atoms with E-state index in [2.05, 4.69) is 65.1 Å². The van der Waals surface area contributed by atoms with E-state index in [1.807, 2.05) is 10.9 Å². The fourth-order valence-electron chi connectivity index (χ4n) is 1.77. The molecule has 0 fully saturated rings. The molecule has 1 aromatic heterocycles. The number of aromatic nitrogens is 2. The van der Waals surface area contributed by atoms with Gasteiger partial charge in [-0.25, -0.2) is 0 Å². The second kappa shape index (κ2) is 5.64. The van der Waals surface area contributed by atoms with Crippen molar-refractivity contribution in [2.75, 3.05) is 0 Å². The van der Waals surface area contributed by atoms with E-state index in [1.54, 1.807) is 0 Å². The van der Waals surface area contributed by atoms with Gasteiger partial charge in [0.2, 0.25) is 0 Å². The molecule has 0 amide bonds. The molecule has 1 heterocycles. The highest BCUT2D eigenvalue weighted by atomic mass is 127. The van der Waals surface area contributed by atoms with Crippen LogP contribution in [0, 0.1) is 3.57 Å². The maximum absolute atomic E-state index is 6.19. The molecule has 0 aliphatic rings. The molecule has 2 N–H and O–H groups in total. The van der Waals surface area contributed by atoms with Gasteiger partial charge < -0.3 is 5.73 Å². The third-order valence-electron chi connectivity index (χ3n) is 2.76. The predicted octanol–water partition coefficient (Wildman–Crippen LogP) is 2.75. The lowest BCUT2D eigenvalue weighted by Gasteiger charge is -2.10. The standard InChI is InChI=1S/C13H16IN3/c1-2-17-9-10(8-16-17)7-13(15)11-3-5-12(14)6-4-11/h3-6,8-9,13H,2,7,15H2,1H3. The van der Waals surface area contributed by atoms with E-state index in [1.165, 1.54) is 14.7 Å². The summed E-state index contributed by atoms with van der Waals surface area (Å²) in [6, 6.07) is 8.41. The lowest BCUT2D eigenvalue weighted by molar-refractivity contribution is 0.657. The van der Waals surface area contributed by atoms with Crippen molar-refractivity contribution in [1.82, 2.24) is 9.78 Å². The van der Waals surface area contributed by atoms with Crippen LogP contribution >= 0.6 is 22.6 Å². The maximum atomic E-state index is 6.19. The third kappa shape index (κ3) is 3.29. The zero-order chi connectivity index (χ0) is 12.3. The molecule has 0 spiro atoms. The fourth-order valence-corrected chi connectivity index (χ4v) is 2.13. The summed E-state index contributed by atoms with van der Waals surface area (Å²) in [7, 11) is 0. The van der Waals surface area contributed by atoms with Gasteiger partial charge in [0.1, 0.15) is 0 Å². The van der Waals surface area contributed by atoms with Crippen LogP contribution in [0.25, 0.3) is 0 Å². The molecular weight excluding hydrogens is 325 g/mol. The predicted molar refractivity (Wildman–Crippen MR) is 77.7 cm³/mol. The van der Waals surface area contributed by atoms with E-state index >= 15 is 0 Å². The molecule has 0 bridgehead atoms. The number of rotatable bonds is 4. The first kappa shape index (κ1) is 12.6. The second-order valence-corrected chi connectivity index (χ2v) is 5.31. The molecule has 3 nitrogen and oxygen atoms in total. The SMILES string of the molecule is CCn1cc(CC(N)c2ccc(I)cc2)cn1. The molecule has 4 heteroatoms. The molecule has 0 saturated heterocycles.